The molecule has 2 unspecified atom stereocenters. The Labute approximate surface area is 212 Å². The van der Waals surface area contributed by atoms with Gasteiger partial charge in [0.1, 0.15) is 18.1 Å². The normalized spacial score (nSPS) is 12.8. The molecule has 1 heterocycles. The molecule has 7 nitrogen and oxygen atoms in total. The Morgan fingerprint density at radius 3 is 2.37 bits per heavy atom. The maximum Gasteiger partial charge on any atom is 0.257 e. The van der Waals surface area contributed by atoms with Gasteiger partial charge in [0.05, 0.1) is 11.0 Å². The fourth-order valence-electron chi connectivity index (χ4n) is 4.07. The Morgan fingerprint density at radius 1 is 1.06 bits per heavy atom. The predicted octanol–water partition coefficient (Wildman–Crippen LogP) is 4.85. The van der Waals surface area contributed by atoms with Crippen LogP contribution in [0.15, 0.2) is 48.5 Å². The van der Waals surface area contributed by atoms with E-state index in [4.69, 9.17) is 21.3 Å². The predicted molar refractivity (Wildman–Crippen MR) is 140 cm³/mol. The summed E-state index contributed by atoms with van der Waals surface area (Å²) >= 11 is 5.87. The first-order valence-electron chi connectivity index (χ1n) is 12.2. The molecule has 0 aliphatic rings. The topological polar surface area (TPSA) is 76.5 Å². The molecule has 0 radical (unpaired) electrons. The lowest BCUT2D eigenvalue weighted by Crippen LogP contribution is -2.46. The number of rotatable bonds is 12. The van der Waals surface area contributed by atoms with E-state index >= 15 is 0 Å². The van der Waals surface area contributed by atoms with Crippen molar-refractivity contribution >= 4 is 34.4 Å². The Hall–Kier alpha value is -3.06. The third kappa shape index (κ3) is 6.98. The molecular formula is C27H35ClN4O3. The monoisotopic (exact) mass is 498 g/mol. The van der Waals surface area contributed by atoms with E-state index in [1.54, 1.807) is 24.3 Å². The SMILES string of the molecule is CCC(C)N(C(=O)Cn1c(CCNC(=O)COc2ccc(Cl)cc2)nc2ccccc21)C(C)CC. The number of fused-ring (bicyclic) bond motifs is 1. The Kier molecular flexibility index (Phi) is 9.55. The van der Waals surface area contributed by atoms with Gasteiger partial charge in [0.25, 0.3) is 5.91 Å². The first-order valence-corrected chi connectivity index (χ1v) is 12.6. The van der Waals surface area contributed by atoms with Crippen molar-refractivity contribution in [2.45, 2.75) is 65.6 Å². The second-order valence-corrected chi connectivity index (χ2v) is 9.20. The minimum atomic E-state index is -0.224. The fourth-order valence-corrected chi connectivity index (χ4v) is 4.20. The molecule has 8 heteroatoms. The third-order valence-electron chi connectivity index (χ3n) is 6.30. The average molecular weight is 499 g/mol. The number of ether oxygens (including phenoxy) is 1. The fraction of sp³-hybridized carbons (Fsp3) is 0.444. The van der Waals surface area contributed by atoms with E-state index in [1.165, 1.54) is 0 Å². The highest BCUT2D eigenvalue weighted by atomic mass is 35.5. The molecule has 2 amide bonds. The zero-order chi connectivity index (χ0) is 25.4. The molecule has 0 saturated heterocycles. The molecule has 35 heavy (non-hydrogen) atoms. The largest absolute Gasteiger partial charge is 0.484 e. The lowest BCUT2D eigenvalue weighted by molar-refractivity contribution is -0.136. The van der Waals surface area contributed by atoms with Crippen molar-refractivity contribution in [1.82, 2.24) is 19.8 Å². The maximum absolute atomic E-state index is 13.4. The second kappa shape index (κ2) is 12.6. The third-order valence-corrected chi connectivity index (χ3v) is 6.55. The summed E-state index contributed by atoms with van der Waals surface area (Å²) in [7, 11) is 0. The van der Waals surface area contributed by atoms with Gasteiger partial charge in [-0.25, -0.2) is 4.98 Å². The summed E-state index contributed by atoms with van der Waals surface area (Å²) in [4.78, 5) is 32.4. The quantitative estimate of drug-likeness (QED) is 0.387. The van der Waals surface area contributed by atoms with E-state index < -0.39 is 0 Å². The van der Waals surface area contributed by atoms with Crippen LogP contribution in [0.4, 0.5) is 0 Å². The van der Waals surface area contributed by atoms with Gasteiger partial charge in [-0.3, -0.25) is 9.59 Å². The summed E-state index contributed by atoms with van der Waals surface area (Å²) in [5.41, 5.74) is 1.76. The second-order valence-electron chi connectivity index (χ2n) is 8.76. The number of benzene rings is 2. The molecule has 188 valence electrons. The number of carbonyl (C=O) groups is 2. The van der Waals surface area contributed by atoms with E-state index in [1.807, 2.05) is 33.7 Å². The van der Waals surface area contributed by atoms with Crippen LogP contribution >= 0.6 is 11.6 Å². The smallest absolute Gasteiger partial charge is 0.257 e. The summed E-state index contributed by atoms with van der Waals surface area (Å²) in [6.45, 7) is 8.92. The van der Waals surface area contributed by atoms with Crippen LogP contribution < -0.4 is 10.1 Å². The number of aromatic nitrogens is 2. The first kappa shape index (κ1) is 26.5. The van der Waals surface area contributed by atoms with Gasteiger partial charge >= 0.3 is 0 Å². The molecular weight excluding hydrogens is 464 g/mol. The minimum Gasteiger partial charge on any atom is -0.484 e. The van der Waals surface area contributed by atoms with Crippen molar-refractivity contribution in [2.75, 3.05) is 13.2 Å². The van der Waals surface area contributed by atoms with Crippen molar-refractivity contribution in [3.63, 3.8) is 0 Å². The van der Waals surface area contributed by atoms with E-state index in [9.17, 15) is 9.59 Å². The van der Waals surface area contributed by atoms with Crippen molar-refractivity contribution < 1.29 is 14.3 Å². The Morgan fingerprint density at radius 2 is 1.71 bits per heavy atom. The highest BCUT2D eigenvalue weighted by Gasteiger charge is 2.25. The summed E-state index contributed by atoms with van der Waals surface area (Å²) in [6.07, 6.45) is 2.30. The van der Waals surface area contributed by atoms with Gasteiger partial charge in [0, 0.05) is 30.1 Å². The molecule has 0 fully saturated rings. The van der Waals surface area contributed by atoms with Gasteiger partial charge in [-0.2, -0.15) is 0 Å². The van der Waals surface area contributed by atoms with Gasteiger partial charge in [-0.1, -0.05) is 37.6 Å². The molecule has 1 aromatic heterocycles. The number of para-hydroxylation sites is 2. The van der Waals surface area contributed by atoms with E-state index in [2.05, 4.69) is 33.0 Å². The van der Waals surface area contributed by atoms with Crippen LogP contribution in [-0.2, 0) is 22.6 Å². The van der Waals surface area contributed by atoms with Crippen LogP contribution in [0.1, 0.15) is 46.4 Å². The molecule has 0 spiro atoms. The van der Waals surface area contributed by atoms with Crippen molar-refractivity contribution in [3.05, 3.63) is 59.4 Å². The van der Waals surface area contributed by atoms with Gasteiger partial charge in [0.2, 0.25) is 5.91 Å². The lowest BCUT2D eigenvalue weighted by atomic mass is 10.1. The number of nitrogens with zero attached hydrogens (tertiary/aromatic N) is 3. The average Bonchev–Trinajstić information content (AvgIpc) is 3.20. The van der Waals surface area contributed by atoms with Crippen molar-refractivity contribution in [3.8, 4) is 5.75 Å². The molecule has 3 aromatic rings. The standard InChI is InChI=1S/C27H35ClN4O3/c1-5-19(3)32(20(4)6-2)27(34)17-31-24-10-8-7-9-23(24)30-25(31)15-16-29-26(33)18-35-22-13-11-21(28)12-14-22/h7-14,19-20H,5-6,15-18H2,1-4H3,(H,29,33). The Bertz CT molecular complexity index is 1120. The number of nitrogens with one attached hydrogen (secondary N) is 1. The zero-order valence-corrected chi connectivity index (χ0v) is 21.7. The van der Waals surface area contributed by atoms with Crippen LogP contribution in [0.2, 0.25) is 5.02 Å². The van der Waals surface area contributed by atoms with Gasteiger partial charge in [0.15, 0.2) is 6.61 Å². The number of halogens is 1. The number of amides is 2. The molecule has 2 atom stereocenters. The zero-order valence-electron chi connectivity index (χ0n) is 21.0. The number of hydrogen-bond donors (Lipinski definition) is 1. The number of imidazole rings is 1. The van der Waals surface area contributed by atoms with Crippen LogP contribution in [-0.4, -0.2) is 51.5 Å². The summed E-state index contributed by atoms with van der Waals surface area (Å²) in [5, 5.41) is 3.49. The summed E-state index contributed by atoms with van der Waals surface area (Å²) in [6, 6.07) is 15.0. The van der Waals surface area contributed by atoms with Crippen molar-refractivity contribution in [1.29, 1.82) is 0 Å². The molecule has 0 bridgehead atoms. The van der Waals surface area contributed by atoms with E-state index in [0.717, 1.165) is 29.7 Å². The van der Waals surface area contributed by atoms with Crippen LogP contribution in [0.5, 0.6) is 5.75 Å². The van der Waals surface area contributed by atoms with Crippen LogP contribution in [0.3, 0.4) is 0 Å². The van der Waals surface area contributed by atoms with Gasteiger partial charge in [-0.15, -0.1) is 0 Å². The first-order chi connectivity index (χ1) is 16.8. The molecule has 0 aliphatic carbocycles. The lowest BCUT2D eigenvalue weighted by Gasteiger charge is -2.34. The van der Waals surface area contributed by atoms with Crippen LogP contribution in [0.25, 0.3) is 11.0 Å². The molecule has 3 rings (SSSR count). The van der Waals surface area contributed by atoms with Crippen molar-refractivity contribution in [2.24, 2.45) is 0 Å². The minimum absolute atomic E-state index is 0.0819. The Balaban J connectivity index is 1.67. The number of carbonyl (C=O) groups excluding carboxylic acids is 2. The van der Waals surface area contributed by atoms with Gasteiger partial charge in [-0.05, 0) is 63.1 Å². The maximum atomic E-state index is 13.4. The summed E-state index contributed by atoms with van der Waals surface area (Å²) < 4.78 is 7.48. The number of hydrogen-bond acceptors (Lipinski definition) is 4. The van der Waals surface area contributed by atoms with Crippen LogP contribution in [0, 0.1) is 0 Å². The molecule has 0 aliphatic heterocycles. The highest BCUT2D eigenvalue weighted by molar-refractivity contribution is 6.30. The molecule has 0 saturated carbocycles. The van der Waals surface area contributed by atoms with E-state index in [0.29, 0.717) is 23.7 Å². The van der Waals surface area contributed by atoms with Gasteiger partial charge < -0.3 is 19.5 Å². The summed E-state index contributed by atoms with van der Waals surface area (Å²) in [5.74, 6) is 1.21. The highest BCUT2D eigenvalue weighted by Crippen LogP contribution is 2.19. The van der Waals surface area contributed by atoms with E-state index in [-0.39, 0.29) is 37.0 Å². The molecule has 1 N–H and O–H groups in total. The molecule has 2 aromatic carbocycles.